The van der Waals surface area contributed by atoms with Gasteiger partial charge in [0.15, 0.2) is 0 Å². The molecule has 0 aromatic heterocycles. The molecule has 0 bridgehead atoms. The summed E-state index contributed by atoms with van der Waals surface area (Å²) in [5.41, 5.74) is 12.6. The highest BCUT2D eigenvalue weighted by molar-refractivity contribution is 5.97. The third-order valence-corrected chi connectivity index (χ3v) is 3.26. The SMILES string of the molecule is CCOC1=CC(Nc2ccc(C)cc2)=C(OCC)CC1=[N+]=[N-]. The summed E-state index contributed by atoms with van der Waals surface area (Å²) in [4.78, 5) is 3.31. The molecule has 116 valence electrons. The second-order valence-corrected chi connectivity index (χ2v) is 4.93. The third kappa shape index (κ3) is 3.77. The number of ether oxygens (including phenoxy) is 2. The summed E-state index contributed by atoms with van der Waals surface area (Å²) in [6.07, 6.45) is 2.21. The number of rotatable bonds is 6. The molecule has 0 amide bonds. The zero-order valence-corrected chi connectivity index (χ0v) is 13.2. The van der Waals surface area contributed by atoms with E-state index in [2.05, 4.69) is 10.1 Å². The Kier molecular flexibility index (Phi) is 5.39. The summed E-state index contributed by atoms with van der Waals surface area (Å²) < 4.78 is 11.2. The van der Waals surface area contributed by atoms with Crippen molar-refractivity contribution in [1.82, 2.24) is 0 Å². The maximum atomic E-state index is 9.15. The summed E-state index contributed by atoms with van der Waals surface area (Å²) in [5.74, 6) is 1.29. The molecule has 0 radical (unpaired) electrons. The predicted octanol–water partition coefficient (Wildman–Crippen LogP) is 3.65. The first-order chi connectivity index (χ1) is 10.7. The molecule has 1 aliphatic rings. The molecule has 5 nitrogen and oxygen atoms in total. The highest BCUT2D eigenvalue weighted by Crippen LogP contribution is 2.25. The zero-order valence-electron chi connectivity index (χ0n) is 13.2. The zero-order chi connectivity index (χ0) is 15.9. The van der Waals surface area contributed by atoms with Crippen LogP contribution in [0.3, 0.4) is 0 Å². The first kappa shape index (κ1) is 15.9. The smallest absolute Gasteiger partial charge is 0.341 e. The minimum absolute atomic E-state index is 0.393. The van der Waals surface area contributed by atoms with Gasteiger partial charge in [0.25, 0.3) is 0 Å². The van der Waals surface area contributed by atoms with Crippen molar-refractivity contribution >= 4 is 11.4 Å². The fourth-order valence-electron chi connectivity index (χ4n) is 2.20. The minimum atomic E-state index is 0.393. The van der Waals surface area contributed by atoms with E-state index in [0.29, 0.717) is 31.1 Å². The molecular weight excluding hydrogens is 278 g/mol. The summed E-state index contributed by atoms with van der Waals surface area (Å²) in [5, 5.41) is 3.34. The van der Waals surface area contributed by atoms with Gasteiger partial charge in [-0.3, -0.25) is 0 Å². The molecule has 0 saturated carbocycles. The maximum absolute atomic E-state index is 9.15. The molecule has 1 aromatic rings. The largest absolute Gasteiger partial charge is 0.495 e. The lowest BCUT2D eigenvalue weighted by Gasteiger charge is -2.19. The Morgan fingerprint density at radius 1 is 1.14 bits per heavy atom. The molecule has 1 aromatic carbocycles. The van der Waals surface area contributed by atoms with Crippen LogP contribution in [0.5, 0.6) is 0 Å². The number of hydrogen-bond acceptors (Lipinski definition) is 3. The van der Waals surface area contributed by atoms with Crippen LogP contribution >= 0.6 is 0 Å². The van der Waals surface area contributed by atoms with Crippen molar-refractivity contribution in [2.24, 2.45) is 0 Å². The number of benzene rings is 1. The van der Waals surface area contributed by atoms with Crippen LogP contribution in [-0.2, 0) is 9.47 Å². The van der Waals surface area contributed by atoms with Crippen molar-refractivity contribution in [2.75, 3.05) is 18.5 Å². The molecule has 0 heterocycles. The van der Waals surface area contributed by atoms with Gasteiger partial charge in [0.1, 0.15) is 12.2 Å². The first-order valence-electron chi connectivity index (χ1n) is 7.43. The molecule has 0 fully saturated rings. The molecule has 0 aliphatic heterocycles. The van der Waals surface area contributed by atoms with Crippen molar-refractivity contribution in [3.8, 4) is 0 Å². The first-order valence-corrected chi connectivity index (χ1v) is 7.43. The molecule has 1 N–H and O–H groups in total. The lowest BCUT2D eigenvalue weighted by atomic mass is 10.1. The van der Waals surface area contributed by atoms with Gasteiger partial charge in [-0.2, -0.15) is 4.79 Å². The van der Waals surface area contributed by atoms with E-state index in [0.717, 1.165) is 17.1 Å². The van der Waals surface area contributed by atoms with Crippen molar-refractivity contribution in [3.05, 3.63) is 58.7 Å². The number of nitrogens with one attached hydrogen (secondary N) is 1. The van der Waals surface area contributed by atoms with Crippen molar-refractivity contribution < 1.29 is 14.3 Å². The second-order valence-electron chi connectivity index (χ2n) is 4.93. The van der Waals surface area contributed by atoms with Gasteiger partial charge in [0, 0.05) is 11.8 Å². The van der Waals surface area contributed by atoms with Crippen LogP contribution in [0.1, 0.15) is 25.8 Å². The Morgan fingerprint density at radius 3 is 2.41 bits per heavy atom. The number of aryl methyl sites for hydroxylation is 1. The average Bonchev–Trinajstić information content (AvgIpc) is 2.52. The second kappa shape index (κ2) is 7.48. The van der Waals surface area contributed by atoms with E-state index in [1.807, 2.05) is 51.1 Å². The lowest BCUT2D eigenvalue weighted by Crippen LogP contribution is -2.19. The van der Waals surface area contributed by atoms with Crippen molar-refractivity contribution in [1.29, 1.82) is 0 Å². The van der Waals surface area contributed by atoms with Gasteiger partial charge in [-0.1, -0.05) is 17.7 Å². The molecule has 0 unspecified atom stereocenters. The maximum Gasteiger partial charge on any atom is 0.341 e. The monoisotopic (exact) mass is 299 g/mol. The van der Waals surface area contributed by atoms with Gasteiger partial charge in [-0.15, -0.1) is 0 Å². The molecule has 2 rings (SSSR count). The topological polar surface area (TPSA) is 66.9 Å². The third-order valence-electron chi connectivity index (χ3n) is 3.26. The van der Waals surface area contributed by atoms with Crippen LogP contribution in [0.2, 0.25) is 0 Å². The van der Waals surface area contributed by atoms with E-state index in [4.69, 9.17) is 15.0 Å². The molecule has 0 atom stereocenters. The van der Waals surface area contributed by atoms with Crippen LogP contribution in [0, 0.1) is 6.92 Å². The number of nitrogens with zero attached hydrogens (tertiary/aromatic N) is 2. The number of anilines is 1. The van der Waals surface area contributed by atoms with Gasteiger partial charge in [0.05, 0.1) is 18.9 Å². The fraction of sp³-hybridized carbons (Fsp3) is 0.353. The Balaban J connectivity index is 2.33. The normalized spacial score (nSPS) is 14.3. The van der Waals surface area contributed by atoms with E-state index in [9.17, 15) is 0 Å². The van der Waals surface area contributed by atoms with E-state index >= 15 is 0 Å². The molecule has 0 saturated heterocycles. The van der Waals surface area contributed by atoms with Gasteiger partial charge in [-0.25, -0.2) is 0 Å². The Bertz CT molecular complexity index is 638. The van der Waals surface area contributed by atoms with E-state index < -0.39 is 0 Å². The Hall–Kier alpha value is -2.52. The summed E-state index contributed by atoms with van der Waals surface area (Å²) in [7, 11) is 0. The molecule has 5 heteroatoms. The van der Waals surface area contributed by atoms with E-state index in [1.54, 1.807) is 0 Å². The molecular formula is C17H21N3O2. The van der Waals surface area contributed by atoms with Crippen LogP contribution in [0.15, 0.2) is 47.6 Å². The van der Waals surface area contributed by atoms with Gasteiger partial charge in [0.2, 0.25) is 5.76 Å². The summed E-state index contributed by atoms with van der Waals surface area (Å²) >= 11 is 0. The van der Waals surface area contributed by atoms with Crippen LogP contribution in [0.4, 0.5) is 5.69 Å². The van der Waals surface area contributed by atoms with Crippen LogP contribution in [0.25, 0.3) is 5.53 Å². The van der Waals surface area contributed by atoms with Crippen molar-refractivity contribution in [2.45, 2.75) is 27.2 Å². The lowest BCUT2D eigenvalue weighted by molar-refractivity contribution is -0.0134. The molecule has 22 heavy (non-hydrogen) atoms. The van der Waals surface area contributed by atoms with E-state index in [-0.39, 0.29) is 0 Å². The van der Waals surface area contributed by atoms with Gasteiger partial charge >= 0.3 is 5.71 Å². The number of hydrogen-bond donors (Lipinski definition) is 1. The summed E-state index contributed by atoms with van der Waals surface area (Å²) in [6.45, 7) is 6.92. The van der Waals surface area contributed by atoms with Crippen molar-refractivity contribution in [3.63, 3.8) is 0 Å². The summed E-state index contributed by atoms with van der Waals surface area (Å²) in [6, 6.07) is 8.10. The number of allylic oxidation sites excluding steroid dienone is 3. The fourth-order valence-corrected chi connectivity index (χ4v) is 2.20. The van der Waals surface area contributed by atoms with Crippen LogP contribution in [-0.4, -0.2) is 23.7 Å². The highest BCUT2D eigenvalue weighted by Gasteiger charge is 2.27. The molecule has 0 spiro atoms. The standard InChI is InChI=1S/C17H21N3O2/c1-4-21-16-11-15(20-18)17(22-5-2)10-14(16)19-13-8-6-12(3)7-9-13/h6-10,19H,4-5,11H2,1-3H3. The van der Waals surface area contributed by atoms with Gasteiger partial charge < -0.3 is 20.3 Å². The Labute approximate surface area is 130 Å². The quantitative estimate of drug-likeness (QED) is 0.644. The van der Waals surface area contributed by atoms with E-state index in [1.165, 1.54) is 5.56 Å². The highest BCUT2D eigenvalue weighted by atomic mass is 16.5. The Morgan fingerprint density at radius 2 is 1.82 bits per heavy atom. The average molecular weight is 299 g/mol. The van der Waals surface area contributed by atoms with Gasteiger partial charge in [-0.05, 0) is 32.9 Å². The van der Waals surface area contributed by atoms with Crippen LogP contribution < -0.4 is 5.32 Å². The predicted molar refractivity (Wildman–Crippen MR) is 86.4 cm³/mol. The molecule has 1 aliphatic carbocycles. The minimum Gasteiger partial charge on any atom is -0.495 e.